The minimum absolute atomic E-state index is 0.103. The first kappa shape index (κ1) is 23.6. The van der Waals surface area contributed by atoms with E-state index in [9.17, 15) is 19.7 Å². The van der Waals surface area contributed by atoms with Crippen molar-refractivity contribution in [2.75, 3.05) is 19.0 Å². The summed E-state index contributed by atoms with van der Waals surface area (Å²) in [5, 5.41) is 17.7. The van der Waals surface area contributed by atoms with Crippen molar-refractivity contribution in [1.29, 1.82) is 0 Å². The number of nitro groups is 1. The van der Waals surface area contributed by atoms with E-state index in [4.69, 9.17) is 18.7 Å². The first-order valence-electron chi connectivity index (χ1n) is 9.75. The average molecular weight is 435 g/mol. The molecule has 0 aliphatic carbocycles. The van der Waals surface area contributed by atoms with E-state index in [0.29, 0.717) is 12.2 Å². The van der Waals surface area contributed by atoms with Gasteiger partial charge in [-0.3, -0.25) is 14.9 Å². The van der Waals surface area contributed by atoms with Gasteiger partial charge < -0.3 is 24.1 Å². The topological polar surface area (TPSA) is 143 Å². The van der Waals surface area contributed by atoms with Gasteiger partial charge in [-0.15, -0.1) is 0 Å². The van der Waals surface area contributed by atoms with Crippen LogP contribution in [0.1, 0.15) is 49.2 Å². The molecule has 1 amide bonds. The monoisotopic (exact) mass is 435 g/mol. The van der Waals surface area contributed by atoms with Crippen molar-refractivity contribution in [2.45, 2.75) is 46.1 Å². The van der Waals surface area contributed by atoms with Crippen LogP contribution in [0.4, 0.5) is 11.5 Å². The highest BCUT2D eigenvalue weighted by molar-refractivity contribution is 5.99. The van der Waals surface area contributed by atoms with E-state index < -0.39 is 28.6 Å². The molecule has 1 aromatic carbocycles. The number of nitro benzene ring substituents is 1. The molecule has 0 aliphatic heterocycles. The van der Waals surface area contributed by atoms with Crippen molar-refractivity contribution >= 4 is 23.4 Å². The first-order chi connectivity index (χ1) is 14.8. The molecule has 11 heteroatoms. The number of carbonyl (C=O) groups excluding carboxylic acids is 2. The van der Waals surface area contributed by atoms with Crippen molar-refractivity contribution in [2.24, 2.45) is 0 Å². The molecule has 0 aliphatic rings. The summed E-state index contributed by atoms with van der Waals surface area (Å²) in [4.78, 5) is 36.2. The zero-order chi connectivity index (χ0) is 23.0. The zero-order valence-electron chi connectivity index (χ0n) is 17.8. The van der Waals surface area contributed by atoms with Crippen LogP contribution < -0.4 is 14.8 Å². The van der Waals surface area contributed by atoms with Gasteiger partial charge in [-0.05, 0) is 26.7 Å². The summed E-state index contributed by atoms with van der Waals surface area (Å²) in [5.74, 6) is -0.718. The van der Waals surface area contributed by atoms with E-state index in [2.05, 4.69) is 10.5 Å². The summed E-state index contributed by atoms with van der Waals surface area (Å²) in [7, 11) is 1.33. The summed E-state index contributed by atoms with van der Waals surface area (Å²) >= 11 is 0. The largest absolute Gasteiger partial charge is 0.493 e. The highest BCUT2D eigenvalue weighted by Gasteiger charge is 2.30. The molecule has 11 nitrogen and oxygen atoms in total. The molecule has 1 unspecified atom stereocenters. The standard InChI is InChI=1S/C20H25N3O8/c1-5-7-8-15(19(24)21-18-9-12(3)31-22-18)30-20(25)13-10-17(29-6-2)16(28-4)11-14(13)23(26)27/h9-11,15H,5-8H2,1-4H3,(H,21,22,24). The SMILES string of the molecule is CCCCC(OC(=O)c1cc(OCC)c(OC)cc1[N+](=O)[O-])C(=O)Nc1cc(C)on1. The fraction of sp³-hybridized carbons (Fsp3) is 0.450. The number of anilines is 1. The molecule has 2 rings (SSSR count). The number of esters is 1. The Hall–Kier alpha value is -3.63. The molecule has 0 fully saturated rings. The predicted molar refractivity (Wildman–Crippen MR) is 109 cm³/mol. The predicted octanol–water partition coefficient (Wildman–Crippen LogP) is 3.65. The Balaban J connectivity index is 2.31. The molecule has 0 saturated heterocycles. The maximum Gasteiger partial charge on any atom is 0.346 e. The van der Waals surface area contributed by atoms with Crippen molar-refractivity contribution in [3.8, 4) is 11.5 Å². The molecule has 1 N–H and O–H groups in total. The van der Waals surface area contributed by atoms with Crippen LogP contribution >= 0.6 is 0 Å². The number of unbranched alkanes of at least 4 members (excludes halogenated alkanes) is 1. The maximum absolute atomic E-state index is 12.8. The molecular formula is C20H25N3O8. The molecule has 0 radical (unpaired) electrons. The Bertz CT molecular complexity index is 941. The van der Waals surface area contributed by atoms with Crippen LogP contribution in [-0.4, -0.2) is 41.8 Å². The van der Waals surface area contributed by atoms with Gasteiger partial charge in [0.1, 0.15) is 11.3 Å². The third-order valence-electron chi connectivity index (χ3n) is 4.24. The molecule has 31 heavy (non-hydrogen) atoms. The lowest BCUT2D eigenvalue weighted by Crippen LogP contribution is -2.33. The number of nitrogens with zero attached hydrogens (tertiary/aromatic N) is 2. The molecule has 0 spiro atoms. The van der Waals surface area contributed by atoms with Gasteiger partial charge in [-0.25, -0.2) is 4.79 Å². The Kier molecular flexibility index (Phi) is 8.35. The number of aryl methyl sites for hydroxylation is 1. The Labute approximate surface area is 178 Å². The number of aromatic nitrogens is 1. The van der Waals surface area contributed by atoms with Gasteiger partial charge in [0.15, 0.2) is 23.4 Å². The minimum Gasteiger partial charge on any atom is -0.493 e. The number of rotatable bonds is 11. The fourth-order valence-corrected chi connectivity index (χ4v) is 2.75. The van der Waals surface area contributed by atoms with Crippen LogP contribution in [0.2, 0.25) is 0 Å². The zero-order valence-corrected chi connectivity index (χ0v) is 17.8. The summed E-state index contributed by atoms with van der Waals surface area (Å²) in [6.07, 6.45) is 0.397. The molecular weight excluding hydrogens is 410 g/mol. The van der Waals surface area contributed by atoms with Crippen molar-refractivity contribution < 1.29 is 33.2 Å². The third-order valence-corrected chi connectivity index (χ3v) is 4.24. The van der Waals surface area contributed by atoms with Gasteiger partial charge >= 0.3 is 5.97 Å². The van der Waals surface area contributed by atoms with Gasteiger partial charge in [0.2, 0.25) is 0 Å². The fourth-order valence-electron chi connectivity index (χ4n) is 2.75. The van der Waals surface area contributed by atoms with E-state index in [1.54, 1.807) is 13.8 Å². The van der Waals surface area contributed by atoms with E-state index in [1.165, 1.54) is 19.2 Å². The van der Waals surface area contributed by atoms with Crippen LogP contribution in [0.15, 0.2) is 22.7 Å². The van der Waals surface area contributed by atoms with Crippen LogP contribution in [0, 0.1) is 17.0 Å². The number of nitrogens with one attached hydrogen (secondary N) is 1. The van der Waals surface area contributed by atoms with Crippen LogP contribution in [0.5, 0.6) is 11.5 Å². The Morgan fingerprint density at radius 2 is 2.00 bits per heavy atom. The molecule has 2 aromatic rings. The molecule has 0 saturated carbocycles. The second kappa shape index (κ2) is 11.0. The number of hydrogen-bond donors (Lipinski definition) is 1. The lowest BCUT2D eigenvalue weighted by atomic mass is 10.1. The quantitative estimate of drug-likeness (QED) is 0.318. The van der Waals surface area contributed by atoms with E-state index in [0.717, 1.165) is 12.5 Å². The smallest absolute Gasteiger partial charge is 0.346 e. The lowest BCUT2D eigenvalue weighted by molar-refractivity contribution is -0.385. The minimum atomic E-state index is -1.18. The van der Waals surface area contributed by atoms with E-state index in [1.807, 2.05) is 6.92 Å². The Morgan fingerprint density at radius 1 is 1.26 bits per heavy atom. The summed E-state index contributed by atoms with van der Waals surface area (Å²) < 4.78 is 20.8. The maximum atomic E-state index is 12.8. The second-order valence-electron chi connectivity index (χ2n) is 6.56. The molecule has 1 aromatic heterocycles. The average Bonchev–Trinajstić information content (AvgIpc) is 3.14. The Morgan fingerprint density at radius 3 is 2.55 bits per heavy atom. The number of benzene rings is 1. The number of carbonyl (C=O) groups is 2. The highest BCUT2D eigenvalue weighted by atomic mass is 16.6. The highest BCUT2D eigenvalue weighted by Crippen LogP contribution is 2.35. The molecule has 1 heterocycles. The summed E-state index contributed by atoms with van der Waals surface area (Å²) in [6.45, 7) is 5.55. The van der Waals surface area contributed by atoms with E-state index >= 15 is 0 Å². The lowest BCUT2D eigenvalue weighted by Gasteiger charge is -2.17. The van der Waals surface area contributed by atoms with Gasteiger partial charge in [0.25, 0.3) is 11.6 Å². The normalized spacial score (nSPS) is 11.5. The molecule has 168 valence electrons. The van der Waals surface area contributed by atoms with Crippen LogP contribution in [0.25, 0.3) is 0 Å². The van der Waals surface area contributed by atoms with E-state index in [-0.39, 0.29) is 35.9 Å². The number of amides is 1. The van der Waals surface area contributed by atoms with Crippen molar-refractivity contribution in [1.82, 2.24) is 5.16 Å². The van der Waals surface area contributed by atoms with Crippen LogP contribution in [0.3, 0.4) is 0 Å². The van der Waals surface area contributed by atoms with Gasteiger partial charge in [0.05, 0.1) is 24.7 Å². The second-order valence-corrected chi connectivity index (χ2v) is 6.56. The first-order valence-corrected chi connectivity index (χ1v) is 9.75. The van der Waals surface area contributed by atoms with Gasteiger partial charge in [-0.2, -0.15) is 0 Å². The number of hydrogen-bond acceptors (Lipinski definition) is 9. The molecule has 0 bridgehead atoms. The third kappa shape index (κ3) is 6.17. The summed E-state index contributed by atoms with van der Waals surface area (Å²) in [5.41, 5.74) is -0.868. The molecule has 1 atom stereocenters. The summed E-state index contributed by atoms with van der Waals surface area (Å²) in [6, 6.07) is 3.78. The number of ether oxygens (including phenoxy) is 3. The van der Waals surface area contributed by atoms with Crippen molar-refractivity contribution in [3.63, 3.8) is 0 Å². The van der Waals surface area contributed by atoms with Gasteiger partial charge in [-0.1, -0.05) is 18.5 Å². The van der Waals surface area contributed by atoms with Crippen LogP contribution in [-0.2, 0) is 9.53 Å². The van der Waals surface area contributed by atoms with Gasteiger partial charge in [0, 0.05) is 12.1 Å². The van der Waals surface area contributed by atoms with Crippen molar-refractivity contribution in [3.05, 3.63) is 39.6 Å². The number of methoxy groups -OCH3 is 1.